The van der Waals surface area contributed by atoms with E-state index in [4.69, 9.17) is 5.11 Å². The molecule has 3 amide bonds. The fraction of sp³-hybridized carbons (Fsp3) is 0.727. The number of aliphatic carboxylic acids is 1. The van der Waals surface area contributed by atoms with Crippen molar-refractivity contribution in [2.45, 2.75) is 32.2 Å². The summed E-state index contributed by atoms with van der Waals surface area (Å²) in [5.74, 6) is -0.995. The first-order chi connectivity index (χ1) is 8.35. The zero-order valence-electron chi connectivity index (χ0n) is 10.6. The molecule has 0 spiro atoms. The predicted octanol–water partition coefficient (Wildman–Crippen LogP) is -0.325. The molecular weight excluding hydrogens is 238 g/mol. The van der Waals surface area contributed by atoms with Crippen LogP contribution in [0.3, 0.4) is 0 Å². The molecule has 1 aliphatic rings. The Morgan fingerprint density at radius 3 is 2.28 bits per heavy atom. The fourth-order valence-electron chi connectivity index (χ4n) is 1.32. The van der Waals surface area contributed by atoms with Gasteiger partial charge in [0.15, 0.2) is 0 Å². The standard InChI is InChI=1S/C11H19N3O4/c1-7(2)5-12-8(15)6-13-10(18)14-11(3-4-11)9(16)17/h7H,3-6H2,1-2H3,(H,12,15)(H,16,17)(H2,13,14,18). The summed E-state index contributed by atoms with van der Waals surface area (Å²) >= 11 is 0. The normalized spacial score (nSPS) is 15.9. The maximum absolute atomic E-state index is 11.4. The van der Waals surface area contributed by atoms with Gasteiger partial charge in [-0.25, -0.2) is 9.59 Å². The molecule has 7 heteroatoms. The third-order valence-electron chi connectivity index (χ3n) is 2.63. The van der Waals surface area contributed by atoms with Gasteiger partial charge in [-0.3, -0.25) is 4.79 Å². The molecular formula is C11H19N3O4. The second kappa shape index (κ2) is 5.70. The highest BCUT2D eigenvalue weighted by molar-refractivity contribution is 5.90. The molecule has 0 atom stereocenters. The highest BCUT2D eigenvalue weighted by Gasteiger charge is 2.51. The van der Waals surface area contributed by atoms with Gasteiger partial charge in [-0.05, 0) is 18.8 Å². The Kier molecular flexibility index (Phi) is 4.52. The lowest BCUT2D eigenvalue weighted by molar-refractivity contribution is -0.140. The van der Waals surface area contributed by atoms with Gasteiger partial charge in [0.2, 0.25) is 5.91 Å². The molecule has 1 rings (SSSR count). The van der Waals surface area contributed by atoms with E-state index in [2.05, 4.69) is 16.0 Å². The molecule has 0 bridgehead atoms. The Morgan fingerprint density at radius 1 is 1.22 bits per heavy atom. The van der Waals surface area contributed by atoms with Crippen LogP contribution < -0.4 is 16.0 Å². The van der Waals surface area contributed by atoms with Gasteiger partial charge in [0, 0.05) is 6.54 Å². The lowest BCUT2D eigenvalue weighted by atomic mass is 10.2. The van der Waals surface area contributed by atoms with Crippen LogP contribution in [-0.4, -0.2) is 41.6 Å². The number of carboxylic acid groups (broad SMARTS) is 1. The average molecular weight is 257 g/mol. The van der Waals surface area contributed by atoms with E-state index in [9.17, 15) is 14.4 Å². The van der Waals surface area contributed by atoms with Crippen LogP contribution in [0.1, 0.15) is 26.7 Å². The number of rotatable bonds is 6. The van der Waals surface area contributed by atoms with Gasteiger partial charge in [0.25, 0.3) is 0 Å². The SMILES string of the molecule is CC(C)CNC(=O)CNC(=O)NC1(C(=O)O)CC1. The van der Waals surface area contributed by atoms with Gasteiger partial charge in [0.1, 0.15) is 5.54 Å². The minimum absolute atomic E-state index is 0.158. The minimum atomic E-state index is -1.13. The van der Waals surface area contributed by atoms with Crippen molar-refractivity contribution in [2.75, 3.05) is 13.1 Å². The second-order valence-electron chi connectivity index (χ2n) is 4.89. The Balaban J connectivity index is 2.21. The molecule has 1 fully saturated rings. The van der Waals surface area contributed by atoms with Crippen molar-refractivity contribution in [3.63, 3.8) is 0 Å². The molecule has 0 radical (unpaired) electrons. The van der Waals surface area contributed by atoms with Crippen LogP contribution in [0.4, 0.5) is 4.79 Å². The van der Waals surface area contributed by atoms with Crippen LogP contribution in [0.5, 0.6) is 0 Å². The van der Waals surface area contributed by atoms with Gasteiger partial charge < -0.3 is 21.1 Å². The lowest BCUT2D eigenvalue weighted by Gasteiger charge is -2.13. The van der Waals surface area contributed by atoms with Gasteiger partial charge in [-0.1, -0.05) is 13.8 Å². The molecule has 0 aromatic carbocycles. The summed E-state index contributed by atoms with van der Waals surface area (Å²) < 4.78 is 0. The van der Waals surface area contributed by atoms with Crippen molar-refractivity contribution in [1.29, 1.82) is 0 Å². The first-order valence-electron chi connectivity index (χ1n) is 5.92. The number of carbonyl (C=O) groups excluding carboxylic acids is 2. The summed E-state index contributed by atoms with van der Waals surface area (Å²) in [6.45, 7) is 4.31. The summed E-state index contributed by atoms with van der Waals surface area (Å²) in [7, 11) is 0. The molecule has 0 heterocycles. The second-order valence-corrected chi connectivity index (χ2v) is 4.89. The van der Waals surface area contributed by atoms with Crippen LogP contribution in [0.2, 0.25) is 0 Å². The Morgan fingerprint density at radius 2 is 1.83 bits per heavy atom. The third-order valence-corrected chi connectivity index (χ3v) is 2.63. The largest absolute Gasteiger partial charge is 0.480 e. The van der Waals surface area contributed by atoms with Crippen molar-refractivity contribution in [2.24, 2.45) is 5.92 Å². The lowest BCUT2D eigenvalue weighted by Crippen LogP contribution is -2.50. The van der Waals surface area contributed by atoms with E-state index in [0.717, 1.165) is 0 Å². The third kappa shape index (κ3) is 4.23. The average Bonchev–Trinajstić information content (AvgIpc) is 3.04. The van der Waals surface area contributed by atoms with E-state index in [0.29, 0.717) is 25.3 Å². The fourth-order valence-corrected chi connectivity index (χ4v) is 1.32. The zero-order chi connectivity index (χ0) is 13.8. The van der Waals surface area contributed by atoms with Crippen LogP contribution >= 0.6 is 0 Å². The predicted molar refractivity (Wildman–Crippen MR) is 64.0 cm³/mol. The number of hydrogen-bond donors (Lipinski definition) is 4. The molecule has 0 aromatic rings. The summed E-state index contributed by atoms with van der Waals surface area (Å²) in [5.41, 5.74) is -1.13. The van der Waals surface area contributed by atoms with Gasteiger partial charge in [0.05, 0.1) is 6.54 Å². The smallest absolute Gasteiger partial charge is 0.329 e. The van der Waals surface area contributed by atoms with Crippen LogP contribution in [0.25, 0.3) is 0 Å². The number of carboxylic acids is 1. The number of carbonyl (C=O) groups is 3. The topological polar surface area (TPSA) is 108 Å². The van der Waals surface area contributed by atoms with Crippen molar-refractivity contribution >= 4 is 17.9 Å². The molecule has 0 saturated heterocycles. The monoisotopic (exact) mass is 257 g/mol. The van der Waals surface area contributed by atoms with E-state index >= 15 is 0 Å². The molecule has 0 unspecified atom stereocenters. The summed E-state index contributed by atoms with van der Waals surface area (Å²) in [5, 5.41) is 16.2. The summed E-state index contributed by atoms with van der Waals surface area (Å²) in [6, 6.07) is -0.630. The summed E-state index contributed by atoms with van der Waals surface area (Å²) in [4.78, 5) is 33.5. The van der Waals surface area contributed by atoms with Gasteiger partial charge >= 0.3 is 12.0 Å². The van der Waals surface area contributed by atoms with Gasteiger partial charge in [-0.15, -0.1) is 0 Å². The molecule has 18 heavy (non-hydrogen) atoms. The Bertz CT molecular complexity index is 350. The minimum Gasteiger partial charge on any atom is -0.480 e. The first-order valence-corrected chi connectivity index (χ1v) is 5.92. The van der Waals surface area contributed by atoms with Crippen molar-refractivity contribution in [1.82, 2.24) is 16.0 Å². The van der Waals surface area contributed by atoms with Gasteiger partial charge in [-0.2, -0.15) is 0 Å². The molecule has 102 valence electrons. The molecule has 4 N–H and O–H groups in total. The molecule has 0 aliphatic heterocycles. The molecule has 0 aromatic heterocycles. The van der Waals surface area contributed by atoms with E-state index in [1.54, 1.807) is 0 Å². The van der Waals surface area contributed by atoms with Crippen LogP contribution in [0, 0.1) is 5.92 Å². The summed E-state index contributed by atoms with van der Waals surface area (Å²) in [6.07, 6.45) is 0.852. The van der Waals surface area contributed by atoms with Crippen LogP contribution in [0.15, 0.2) is 0 Å². The maximum Gasteiger partial charge on any atom is 0.329 e. The van der Waals surface area contributed by atoms with Crippen molar-refractivity contribution in [3.05, 3.63) is 0 Å². The zero-order valence-corrected chi connectivity index (χ0v) is 10.6. The molecule has 7 nitrogen and oxygen atoms in total. The molecule has 1 saturated carbocycles. The van der Waals surface area contributed by atoms with Crippen molar-refractivity contribution in [3.8, 4) is 0 Å². The Labute approximate surface area is 105 Å². The molecule has 1 aliphatic carbocycles. The van der Waals surface area contributed by atoms with E-state index in [1.807, 2.05) is 13.8 Å². The number of amides is 3. The highest BCUT2D eigenvalue weighted by atomic mass is 16.4. The van der Waals surface area contributed by atoms with E-state index in [1.165, 1.54) is 0 Å². The van der Waals surface area contributed by atoms with E-state index < -0.39 is 17.5 Å². The van der Waals surface area contributed by atoms with E-state index in [-0.39, 0.29) is 12.5 Å². The quantitative estimate of drug-likeness (QED) is 0.522. The maximum atomic E-state index is 11.4. The Hall–Kier alpha value is -1.79. The first kappa shape index (κ1) is 14.3. The van der Waals surface area contributed by atoms with Crippen molar-refractivity contribution < 1.29 is 19.5 Å². The number of nitrogens with one attached hydrogen (secondary N) is 3. The van der Waals surface area contributed by atoms with Crippen LogP contribution in [-0.2, 0) is 9.59 Å². The number of hydrogen-bond acceptors (Lipinski definition) is 3. The highest BCUT2D eigenvalue weighted by Crippen LogP contribution is 2.35. The number of urea groups is 1.